The molecule has 1 heterocycles. The Bertz CT molecular complexity index is 288. The molecular formula is C12H17NO. The van der Waals surface area contributed by atoms with Crippen molar-refractivity contribution in [2.45, 2.75) is 32.4 Å². The Morgan fingerprint density at radius 3 is 2.36 bits per heavy atom. The van der Waals surface area contributed by atoms with Gasteiger partial charge < -0.3 is 10.1 Å². The van der Waals surface area contributed by atoms with Gasteiger partial charge in [0, 0.05) is 6.04 Å². The van der Waals surface area contributed by atoms with Gasteiger partial charge in [-0.15, -0.1) is 0 Å². The third kappa shape index (κ3) is 2.07. The minimum absolute atomic E-state index is 0.252. The molecule has 76 valence electrons. The zero-order valence-electron chi connectivity index (χ0n) is 8.79. The monoisotopic (exact) mass is 191 g/mol. The van der Waals surface area contributed by atoms with Crippen LogP contribution in [0.3, 0.4) is 0 Å². The molecule has 0 saturated carbocycles. The van der Waals surface area contributed by atoms with Crippen LogP contribution in [0.5, 0.6) is 5.75 Å². The summed E-state index contributed by atoms with van der Waals surface area (Å²) in [7, 11) is 0. The second kappa shape index (κ2) is 4.01. The van der Waals surface area contributed by atoms with Gasteiger partial charge in [0.05, 0.1) is 6.10 Å². The average Bonchev–Trinajstić information content (AvgIpc) is 2.04. The van der Waals surface area contributed by atoms with Crippen LogP contribution in [-0.4, -0.2) is 12.6 Å². The van der Waals surface area contributed by atoms with Crippen molar-refractivity contribution in [1.29, 1.82) is 0 Å². The first kappa shape index (κ1) is 9.53. The van der Waals surface area contributed by atoms with Crippen LogP contribution in [0.1, 0.15) is 31.9 Å². The fourth-order valence-corrected chi connectivity index (χ4v) is 1.62. The minimum atomic E-state index is 0.252. The van der Waals surface area contributed by atoms with Crippen LogP contribution in [0.15, 0.2) is 24.3 Å². The molecule has 1 fully saturated rings. The number of nitrogens with one attached hydrogen (secondary N) is 1. The maximum Gasteiger partial charge on any atom is 0.119 e. The number of hydrogen-bond acceptors (Lipinski definition) is 2. The smallest absolute Gasteiger partial charge is 0.119 e. The van der Waals surface area contributed by atoms with Gasteiger partial charge in [-0.2, -0.15) is 0 Å². The zero-order valence-corrected chi connectivity index (χ0v) is 8.79. The Morgan fingerprint density at radius 2 is 1.93 bits per heavy atom. The van der Waals surface area contributed by atoms with Crippen molar-refractivity contribution in [2.75, 3.05) is 6.54 Å². The lowest BCUT2D eigenvalue weighted by atomic mass is 9.98. The molecule has 0 amide bonds. The second-order valence-electron chi connectivity index (χ2n) is 4.03. The van der Waals surface area contributed by atoms with Crippen molar-refractivity contribution in [3.8, 4) is 5.75 Å². The number of rotatable bonds is 3. The normalized spacial score (nSPS) is 20.6. The third-order valence-electron chi connectivity index (χ3n) is 2.48. The number of benzene rings is 1. The molecule has 2 rings (SSSR count). The lowest BCUT2D eigenvalue weighted by molar-refractivity contribution is 0.242. The van der Waals surface area contributed by atoms with Gasteiger partial charge in [-0.3, -0.25) is 0 Å². The van der Waals surface area contributed by atoms with E-state index in [1.807, 2.05) is 13.8 Å². The summed E-state index contributed by atoms with van der Waals surface area (Å²) in [5, 5.41) is 3.38. The maximum atomic E-state index is 5.58. The van der Waals surface area contributed by atoms with Gasteiger partial charge in [-0.25, -0.2) is 0 Å². The highest BCUT2D eigenvalue weighted by Crippen LogP contribution is 2.24. The summed E-state index contributed by atoms with van der Waals surface area (Å²) in [6.45, 7) is 5.23. The van der Waals surface area contributed by atoms with Crippen molar-refractivity contribution >= 4 is 0 Å². The first-order chi connectivity index (χ1) is 6.75. The molecule has 1 aromatic rings. The van der Waals surface area contributed by atoms with Crippen LogP contribution in [0.2, 0.25) is 0 Å². The fourth-order valence-electron chi connectivity index (χ4n) is 1.62. The van der Waals surface area contributed by atoms with Crippen molar-refractivity contribution in [3.63, 3.8) is 0 Å². The summed E-state index contributed by atoms with van der Waals surface area (Å²) >= 11 is 0. The topological polar surface area (TPSA) is 21.3 Å². The van der Waals surface area contributed by atoms with Crippen molar-refractivity contribution in [3.05, 3.63) is 29.8 Å². The highest BCUT2D eigenvalue weighted by Gasteiger charge is 2.17. The molecule has 1 unspecified atom stereocenters. The predicted molar refractivity (Wildman–Crippen MR) is 57.6 cm³/mol. The molecule has 0 radical (unpaired) electrons. The molecule has 14 heavy (non-hydrogen) atoms. The molecule has 1 atom stereocenters. The van der Waals surface area contributed by atoms with Crippen molar-refractivity contribution < 1.29 is 4.74 Å². The second-order valence-corrected chi connectivity index (χ2v) is 4.03. The summed E-state index contributed by atoms with van der Waals surface area (Å²) < 4.78 is 5.58. The van der Waals surface area contributed by atoms with Crippen LogP contribution in [-0.2, 0) is 0 Å². The van der Waals surface area contributed by atoms with E-state index in [0.717, 1.165) is 12.3 Å². The van der Waals surface area contributed by atoms with Crippen molar-refractivity contribution in [1.82, 2.24) is 5.32 Å². The van der Waals surface area contributed by atoms with Gasteiger partial charge in [-0.05, 0) is 44.5 Å². The molecule has 0 spiro atoms. The van der Waals surface area contributed by atoms with Gasteiger partial charge in [0.15, 0.2) is 0 Å². The molecule has 2 nitrogen and oxygen atoms in total. The predicted octanol–water partition coefficient (Wildman–Crippen LogP) is 2.51. The van der Waals surface area contributed by atoms with Crippen LogP contribution in [0, 0.1) is 0 Å². The molecule has 0 aromatic heterocycles. The van der Waals surface area contributed by atoms with E-state index in [1.54, 1.807) is 0 Å². The highest BCUT2D eigenvalue weighted by molar-refractivity contribution is 5.30. The van der Waals surface area contributed by atoms with E-state index in [2.05, 4.69) is 29.6 Å². The van der Waals surface area contributed by atoms with E-state index in [1.165, 1.54) is 12.0 Å². The van der Waals surface area contributed by atoms with E-state index in [4.69, 9.17) is 4.74 Å². The standard InChI is InChI=1S/C12H17NO/c1-9(2)14-11-5-3-10(4-6-11)12-7-8-13-12/h3-6,9,12-13H,7-8H2,1-2H3. The SMILES string of the molecule is CC(C)Oc1ccc(C2CCN2)cc1. The van der Waals surface area contributed by atoms with Gasteiger partial charge in [0.1, 0.15) is 5.75 Å². The molecule has 1 aromatic carbocycles. The Hall–Kier alpha value is -1.02. The highest BCUT2D eigenvalue weighted by atomic mass is 16.5. The summed E-state index contributed by atoms with van der Waals surface area (Å²) in [5.74, 6) is 0.961. The van der Waals surface area contributed by atoms with Crippen LogP contribution >= 0.6 is 0 Å². The lowest BCUT2D eigenvalue weighted by Gasteiger charge is -2.28. The summed E-state index contributed by atoms with van der Waals surface area (Å²) in [4.78, 5) is 0. The van der Waals surface area contributed by atoms with Gasteiger partial charge >= 0.3 is 0 Å². The maximum absolute atomic E-state index is 5.58. The molecule has 1 aliphatic heterocycles. The molecular weight excluding hydrogens is 174 g/mol. The van der Waals surface area contributed by atoms with E-state index in [9.17, 15) is 0 Å². The summed E-state index contributed by atoms with van der Waals surface area (Å²) in [6.07, 6.45) is 1.51. The van der Waals surface area contributed by atoms with Gasteiger partial charge in [0.2, 0.25) is 0 Å². The van der Waals surface area contributed by atoms with Crippen LogP contribution in [0.4, 0.5) is 0 Å². The fraction of sp³-hybridized carbons (Fsp3) is 0.500. The molecule has 1 aliphatic rings. The average molecular weight is 191 g/mol. The quantitative estimate of drug-likeness (QED) is 0.792. The van der Waals surface area contributed by atoms with E-state index in [-0.39, 0.29) is 6.10 Å². The van der Waals surface area contributed by atoms with E-state index in [0.29, 0.717) is 6.04 Å². The zero-order chi connectivity index (χ0) is 9.97. The van der Waals surface area contributed by atoms with Gasteiger partial charge in [-0.1, -0.05) is 12.1 Å². The number of ether oxygens (including phenoxy) is 1. The minimum Gasteiger partial charge on any atom is -0.491 e. The van der Waals surface area contributed by atoms with Crippen molar-refractivity contribution in [2.24, 2.45) is 0 Å². The van der Waals surface area contributed by atoms with E-state index < -0.39 is 0 Å². The Kier molecular flexibility index (Phi) is 2.73. The molecule has 0 aliphatic carbocycles. The first-order valence-electron chi connectivity index (χ1n) is 5.26. The molecule has 2 heteroatoms. The molecule has 0 bridgehead atoms. The first-order valence-corrected chi connectivity index (χ1v) is 5.26. The lowest BCUT2D eigenvalue weighted by Crippen LogP contribution is -2.34. The number of hydrogen-bond donors (Lipinski definition) is 1. The summed E-state index contributed by atoms with van der Waals surface area (Å²) in [6, 6.07) is 8.97. The van der Waals surface area contributed by atoms with Gasteiger partial charge in [0.25, 0.3) is 0 Å². The summed E-state index contributed by atoms with van der Waals surface area (Å²) in [5.41, 5.74) is 1.37. The van der Waals surface area contributed by atoms with Crippen LogP contribution < -0.4 is 10.1 Å². The Morgan fingerprint density at radius 1 is 1.29 bits per heavy atom. The molecule has 1 saturated heterocycles. The Balaban J connectivity index is 2.02. The molecule has 1 N–H and O–H groups in total. The van der Waals surface area contributed by atoms with Crippen LogP contribution in [0.25, 0.3) is 0 Å². The third-order valence-corrected chi connectivity index (χ3v) is 2.48. The Labute approximate surface area is 85.3 Å². The van der Waals surface area contributed by atoms with E-state index >= 15 is 0 Å². The largest absolute Gasteiger partial charge is 0.491 e.